The molecule has 0 unspecified atom stereocenters. The van der Waals surface area contributed by atoms with Crippen molar-refractivity contribution in [2.24, 2.45) is 11.1 Å². The predicted molar refractivity (Wildman–Crippen MR) is 37.7 cm³/mol. The Morgan fingerprint density at radius 3 is 2.11 bits per heavy atom. The summed E-state index contributed by atoms with van der Waals surface area (Å²) in [5.41, 5.74) is 5.70. The Morgan fingerprint density at radius 1 is 1.56 bits per heavy atom. The molecular formula is C7H14N2. The van der Waals surface area contributed by atoms with Crippen molar-refractivity contribution in [2.45, 2.75) is 33.2 Å². The fourth-order valence-electron chi connectivity index (χ4n) is 0.405. The van der Waals surface area contributed by atoms with E-state index < -0.39 is 0 Å². The topological polar surface area (TPSA) is 49.8 Å². The fraction of sp³-hybridized carbons (Fsp3) is 0.857. The number of nitrogens with two attached hydrogens (primary N) is 1. The quantitative estimate of drug-likeness (QED) is 0.575. The highest BCUT2D eigenvalue weighted by molar-refractivity contribution is 4.85. The van der Waals surface area contributed by atoms with Crippen LogP contribution in [0, 0.1) is 16.7 Å². The van der Waals surface area contributed by atoms with Crippen molar-refractivity contribution >= 4 is 0 Å². The minimum Gasteiger partial charge on any atom is -0.326 e. The summed E-state index contributed by atoms with van der Waals surface area (Å²) in [6.07, 6.45) is 0.448. The molecule has 0 fully saturated rings. The molecule has 0 aromatic rings. The van der Waals surface area contributed by atoms with E-state index in [0.29, 0.717) is 6.42 Å². The van der Waals surface area contributed by atoms with Crippen LogP contribution in [0.15, 0.2) is 0 Å². The van der Waals surface area contributed by atoms with Crippen LogP contribution in [0.4, 0.5) is 0 Å². The molecule has 2 nitrogen and oxygen atoms in total. The van der Waals surface area contributed by atoms with Gasteiger partial charge in [-0.15, -0.1) is 0 Å². The Morgan fingerprint density at radius 2 is 2.00 bits per heavy atom. The van der Waals surface area contributed by atoms with Gasteiger partial charge in [0.2, 0.25) is 0 Å². The van der Waals surface area contributed by atoms with Gasteiger partial charge in [-0.1, -0.05) is 20.8 Å². The van der Waals surface area contributed by atoms with E-state index >= 15 is 0 Å². The van der Waals surface area contributed by atoms with Crippen LogP contribution >= 0.6 is 0 Å². The first kappa shape index (κ1) is 8.45. The second-order valence-corrected chi connectivity index (χ2v) is 3.33. The van der Waals surface area contributed by atoms with Crippen LogP contribution in [0.1, 0.15) is 27.2 Å². The lowest BCUT2D eigenvalue weighted by Crippen LogP contribution is -2.34. The minimum absolute atomic E-state index is 0.00231. The highest BCUT2D eigenvalue weighted by atomic mass is 14.7. The molecule has 0 saturated carbocycles. The Balaban J connectivity index is 3.76. The minimum atomic E-state index is 0.00231. The molecule has 1 atom stereocenters. The summed E-state index contributed by atoms with van der Waals surface area (Å²) >= 11 is 0. The van der Waals surface area contributed by atoms with Gasteiger partial charge >= 0.3 is 0 Å². The normalized spacial score (nSPS) is 14.6. The van der Waals surface area contributed by atoms with Gasteiger partial charge in [0.1, 0.15) is 0 Å². The number of hydrogen-bond donors (Lipinski definition) is 1. The number of nitrogens with zero attached hydrogens (tertiary/aromatic N) is 1. The highest BCUT2D eigenvalue weighted by Crippen LogP contribution is 2.18. The lowest BCUT2D eigenvalue weighted by molar-refractivity contribution is 0.324. The van der Waals surface area contributed by atoms with E-state index in [1.807, 2.05) is 26.8 Å². The zero-order chi connectivity index (χ0) is 7.49. The lowest BCUT2D eigenvalue weighted by Gasteiger charge is -2.24. The summed E-state index contributed by atoms with van der Waals surface area (Å²) in [4.78, 5) is 0. The molecule has 0 heterocycles. The first-order valence-corrected chi connectivity index (χ1v) is 3.11. The third-order valence-corrected chi connectivity index (χ3v) is 1.42. The molecule has 0 aliphatic carbocycles. The average molecular weight is 126 g/mol. The van der Waals surface area contributed by atoms with Crippen LogP contribution in [0.25, 0.3) is 0 Å². The first-order chi connectivity index (χ1) is 3.98. The molecule has 2 N–H and O–H groups in total. The Hall–Kier alpha value is -0.550. The summed E-state index contributed by atoms with van der Waals surface area (Å²) in [5, 5.41) is 8.27. The average Bonchev–Trinajstić information content (AvgIpc) is 1.64. The van der Waals surface area contributed by atoms with Gasteiger partial charge in [0, 0.05) is 6.04 Å². The molecule has 0 aliphatic rings. The summed E-state index contributed by atoms with van der Waals surface area (Å²) in [6, 6.07) is 2.05. The predicted octanol–water partition coefficient (Wildman–Crippen LogP) is 1.27. The van der Waals surface area contributed by atoms with Gasteiger partial charge in [-0.2, -0.15) is 5.26 Å². The third kappa shape index (κ3) is 3.10. The molecule has 0 amide bonds. The molecule has 52 valence electrons. The van der Waals surface area contributed by atoms with Crippen LogP contribution in [0.3, 0.4) is 0 Å². The van der Waals surface area contributed by atoms with Crippen LogP contribution in [-0.4, -0.2) is 6.04 Å². The van der Waals surface area contributed by atoms with Crippen LogP contribution in [0.5, 0.6) is 0 Å². The molecule has 0 saturated heterocycles. The van der Waals surface area contributed by atoms with E-state index in [-0.39, 0.29) is 11.5 Å². The molecule has 0 rings (SSSR count). The maximum absolute atomic E-state index is 8.27. The van der Waals surface area contributed by atoms with E-state index in [2.05, 4.69) is 0 Å². The second-order valence-electron chi connectivity index (χ2n) is 3.33. The zero-order valence-corrected chi connectivity index (χ0v) is 6.31. The standard InChI is InChI=1S/C7H14N2/c1-7(2,3)6(9)4-5-8/h6H,4,9H2,1-3H3/t6-/m0/s1. The molecular weight excluding hydrogens is 112 g/mol. The third-order valence-electron chi connectivity index (χ3n) is 1.42. The largest absolute Gasteiger partial charge is 0.326 e. The summed E-state index contributed by atoms with van der Waals surface area (Å²) in [6.45, 7) is 6.11. The molecule has 9 heavy (non-hydrogen) atoms. The number of rotatable bonds is 1. The monoisotopic (exact) mass is 126 g/mol. The molecule has 0 spiro atoms. The maximum Gasteiger partial charge on any atom is 0.0638 e. The van der Waals surface area contributed by atoms with Gasteiger partial charge in [-0.25, -0.2) is 0 Å². The number of nitriles is 1. The van der Waals surface area contributed by atoms with Gasteiger partial charge < -0.3 is 5.73 Å². The SMILES string of the molecule is CC(C)(C)[C@@H](N)CC#N. The molecule has 0 aliphatic heterocycles. The van der Waals surface area contributed by atoms with E-state index in [1.165, 1.54) is 0 Å². The van der Waals surface area contributed by atoms with Crippen molar-refractivity contribution in [3.63, 3.8) is 0 Å². The smallest absolute Gasteiger partial charge is 0.0638 e. The van der Waals surface area contributed by atoms with E-state index in [1.54, 1.807) is 0 Å². The van der Waals surface area contributed by atoms with Gasteiger partial charge in [0.25, 0.3) is 0 Å². The van der Waals surface area contributed by atoms with Gasteiger partial charge in [0.05, 0.1) is 12.5 Å². The second kappa shape index (κ2) is 2.84. The Kier molecular flexibility index (Phi) is 2.66. The van der Waals surface area contributed by atoms with E-state index in [4.69, 9.17) is 11.0 Å². The summed E-state index contributed by atoms with van der Waals surface area (Å²) < 4.78 is 0. The first-order valence-electron chi connectivity index (χ1n) is 3.11. The Labute approximate surface area is 56.7 Å². The Bertz CT molecular complexity index is 116. The molecule has 0 radical (unpaired) electrons. The van der Waals surface area contributed by atoms with Gasteiger partial charge in [-0.3, -0.25) is 0 Å². The summed E-state index contributed by atoms with van der Waals surface area (Å²) in [5.74, 6) is 0. The van der Waals surface area contributed by atoms with Gasteiger partial charge in [0.15, 0.2) is 0 Å². The fourth-order valence-corrected chi connectivity index (χ4v) is 0.405. The van der Waals surface area contributed by atoms with Crippen LogP contribution in [0.2, 0.25) is 0 Å². The maximum atomic E-state index is 8.27. The molecule has 0 bridgehead atoms. The zero-order valence-electron chi connectivity index (χ0n) is 6.31. The van der Waals surface area contributed by atoms with Crippen molar-refractivity contribution in [2.75, 3.05) is 0 Å². The lowest BCUT2D eigenvalue weighted by atomic mass is 9.86. The van der Waals surface area contributed by atoms with E-state index in [0.717, 1.165) is 0 Å². The molecule has 0 aromatic heterocycles. The molecule has 0 aromatic carbocycles. The van der Waals surface area contributed by atoms with Crippen LogP contribution < -0.4 is 5.73 Å². The van der Waals surface area contributed by atoms with Crippen molar-refractivity contribution in [1.82, 2.24) is 0 Å². The van der Waals surface area contributed by atoms with Crippen molar-refractivity contribution < 1.29 is 0 Å². The molecule has 2 heteroatoms. The highest BCUT2D eigenvalue weighted by Gasteiger charge is 2.19. The van der Waals surface area contributed by atoms with Crippen molar-refractivity contribution in [3.05, 3.63) is 0 Å². The summed E-state index contributed by atoms with van der Waals surface area (Å²) in [7, 11) is 0. The van der Waals surface area contributed by atoms with Crippen molar-refractivity contribution in [1.29, 1.82) is 5.26 Å². The van der Waals surface area contributed by atoms with Crippen LogP contribution in [-0.2, 0) is 0 Å². The number of hydrogen-bond acceptors (Lipinski definition) is 2. The van der Waals surface area contributed by atoms with Gasteiger partial charge in [-0.05, 0) is 5.41 Å². The van der Waals surface area contributed by atoms with Crippen molar-refractivity contribution in [3.8, 4) is 6.07 Å². The van der Waals surface area contributed by atoms with E-state index in [9.17, 15) is 0 Å².